The van der Waals surface area contributed by atoms with Gasteiger partial charge in [-0.05, 0) is 0 Å². The molecule has 0 aliphatic rings. The summed E-state index contributed by atoms with van der Waals surface area (Å²) in [7, 11) is -5.00. The smallest absolute Gasteiger partial charge is 0.295 e. The van der Waals surface area contributed by atoms with Crippen LogP contribution >= 0.6 is 0 Å². The van der Waals surface area contributed by atoms with E-state index in [1.165, 1.54) is 0 Å². The van der Waals surface area contributed by atoms with E-state index < -0.39 is 38.1 Å². The lowest BCUT2D eigenvalue weighted by atomic mass is 10.1. The summed E-state index contributed by atoms with van der Waals surface area (Å²) in [5.41, 5.74) is -1.88. The summed E-state index contributed by atoms with van der Waals surface area (Å²) >= 11 is 0. The number of carboxylic acids is 2. The second-order valence-electron chi connectivity index (χ2n) is 2.73. The zero-order chi connectivity index (χ0) is 12.5. The molecule has 0 aliphatic heterocycles. The Labute approximate surface area is 89.7 Å². The molecule has 1 aromatic rings. The first kappa shape index (κ1) is 12.1. The first-order chi connectivity index (χ1) is 7.25. The van der Waals surface area contributed by atoms with E-state index in [4.69, 9.17) is 4.55 Å². The minimum Gasteiger partial charge on any atom is -0.545 e. The summed E-state index contributed by atoms with van der Waals surface area (Å²) < 4.78 is 30.5. The molecule has 0 aliphatic carbocycles. The van der Waals surface area contributed by atoms with E-state index in [0.717, 1.165) is 18.2 Å². The van der Waals surface area contributed by atoms with Crippen molar-refractivity contribution >= 4 is 22.1 Å². The molecule has 8 heteroatoms. The van der Waals surface area contributed by atoms with Crippen LogP contribution in [0.5, 0.6) is 0 Å². The van der Waals surface area contributed by atoms with Gasteiger partial charge in [0, 0.05) is 11.1 Å². The SMILES string of the molecule is O=C([O-])c1cccc(C(=O)[O-])c1S(=O)(=O)O. The summed E-state index contributed by atoms with van der Waals surface area (Å²) in [6, 6.07) is 2.58. The van der Waals surface area contributed by atoms with Crippen LogP contribution in [0.4, 0.5) is 0 Å². The van der Waals surface area contributed by atoms with Crippen LogP contribution in [0.3, 0.4) is 0 Å². The largest absolute Gasteiger partial charge is 0.545 e. The molecule has 1 rings (SSSR count). The fourth-order valence-corrected chi connectivity index (χ4v) is 1.99. The van der Waals surface area contributed by atoms with E-state index >= 15 is 0 Å². The zero-order valence-corrected chi connectivity index (χ0v) is 8.35. The summed E-state index contributed by atoms with van der Waals surface area (Å²) in [6.07, 6.45) is 0. The fraction of sp³-hybridized carbons (Fsp3) is 0. The van der Waals surface area contributed by atoms with Crippen LogP contribution in [0.25, 0.3) is 0 Å². The highest BCUT2D eigenvalue weighted by Gasteiger charge is 2.21. The van der Waals surface area contributed by atoms with Crippen LogP contribution in [0.2, 0.25) is 0 Å². The minimum absolute atomic E-state index is 0.797. The summed E-state index contributed by atoms with van der Waals surface area (Å²) in [5, 5.41) is 21.1. The number of rotatable bonds is 3. The quantitative estimate of drug-likeness (QED) is 0.588. The lowest BCUT2D eigenvalue weighted by Gasteiger charge is -2.13. The van der Waals surface area contributed by atoms with Gasteiger partial charge in [0.25, 0.3) is 10.1 Å². The molecule has 0 atom stereocenters. The lowest BCUT2D eigenvalue weighted by Crippen LogP contribution is -2.29. The maximum atomic E-state index is 10.9. The van der Waals surface area contributed by atoms with Gasteiger partial charge in [-0.25, -0.2) is 0 Å². The number of carboxylic acid groups (broad SMARTS) is 2. The van der Waals surface area contributed by atoms with Crippen molar-refractivity contribution in [1.82, 2.24) is 0 Å². The predicted octanol–water partition coefficient (Wildman–Crippen LogP) is -2.34. The van der Waals surface area contributed by atoms with Crippen LogP contribution < -0.4 is 10.2 Å². The normalized spacial score (nSPS) is 11.1. The van der Waals surface area contributed by atoms with Crippen LogP contribution in [-0.4, -0.2) is 24.9 Å². The molecule has 0 unspecified atom stereocenters. The first-order valence-electron chi connectivity index (χ1n) is 3.78. The second kappa shape index (κ2) is 3.91. The lowest BCUT2D eigenvalue weighted by molar-refractivity contribution is -0.255. The highest BCUT2D eigenvalue weighted by atomic mass is 32.2. The number of carbonyl (C=O) groups is 2. The third kappa shape index (κ3) is 2.18. The minimum atomic E-state index is -5.00. The van der Waals surface area contributed by atoms with Gasteiger partial charge in [-0.2, -0.15) is 8.42 Å². The number of hydrogen-bond donors (Lipinski definition) is 1. The molecule has 1 aromatic carbocycles. The van der Waals surface area contributed by atoms with Crippen molar-refractivity contribution in [2.75, 3.05) is 0 Å². The van der Waals surface area contributed by atoms with E-state index in [1.54, 1.807) is 0 Å². The third-order valence-corrected chi connectivity index (χ3v) is 2.67. The summed E-state index contributed by atoms with van der Waals surface area (Å²) in [6.45, 7) is 0. The van der Waals surface area contributed by atoms with Crippen molar-refractivity contribution in [2.24, 2.45) is 0 Å². The Balaban J connectivity index is 3.75. The molecule has 16 heavy (non-hydrogen) atoms. The third-order valence-electron chi connectivity index (χ3n) is 1.71. The number of carbonyl (C=O) groups excluding carboxylic acids is 2. The fourth-order valence-electron chi connectivity index (χ4n) is 1.14. The first-order valence-corrected chi connectivity index (χ1v) is 5.22. The van der Waals surface area contributed by atoms with Crippen LogP contribution in [0, 0.1) is 0 Å². The maximum Gasteiger partial charge on any atom is 0.295 e. The Morgan fingerprint density at radius 2 is 1.44 bits per heavy atom. The highest BCUT2D eigenvalue weighted by molar-refractivity contribution is 7.86. The van der Waals surface area contributed by atoms with E-state index in [9.17, 15) is 28.2 Å². The van der Waals surface area contributed by atoms with Gasteiger partial charge in [-0.1, -0.05) is 18.2 Å². The molecular formula is C8H4O7S-2. The van der Waals surface area contributed by atoms with Gasteiger partial charge >= 0.3 is 0 Å². The van der Waals surface area contributed by atoms with E-state index in [0.29, 0.717) is 0 Å². The molecule has 0 fully saturated rings. The van der Waals surface area contributed by atoms with Gasteiger partial charge in [0.05, 0.1) is 11.9 Å². The van der Waals surface area contributed by atoms with Crippen molar-refractivity contribution in [3.8, 4) is 0 Å². The molecule has 7 nitrogen and oxygen atoms in total. The topological polar surface area (TPSA) is 135 Å². The number of benzene rings is 1. The molecule has 0 bridgehead atoms. The molecule has 0 saturated carbocycles. The summed E-state index contributed by atoms with van der Waals surface area (Å²) in [5.74, 6) is -3.84. The van der Waals surface area contributed by atoms with Crippen molar-refractivity contribution in [3.05, 3.63) is 29.3 Å². The molecule has 1 N–H and O–H groups in total. The Bertz CT molecular complexity index is 525. The summed E-state index contributed by atoms with van der Waals surface area (Å²) in [4.78, 5) is 19.8. The van der Waals surface area contributed by atoms with Crippen LogP contribution in [-0.2, 0) is 10.1 Å². The average Bonchev–Trinajstić information content (AvgIpc) is 2.15. The molecule has 0 heterocycles. The number of hydrogen-bond acceptors (Lipinski definition) is 6. The molecule has 0 radical (unpaired) electrons. The Hall–Kier alpha value is -1.93. The van der Waals surface area contributed by atoms with Crippen molar-refractivity contribution < 1.29 is 32.8 Å². The maximum absolute atomic E-state index is 10.9. The molecule has 86 valence electrons. The highest BCUT2D eigenvalue weighted by Crippen LogP contribution is 2.19. The van der Waals surface area contributed by atoms with Gasteiger partial charge in [0.1, 0.15) is 4.90 Å². The Morgan fingerprint density at radius 1 is 1.06 bits per heavy atom. The second-order valence-corrected chi connectivity index (χ2v) is 4.09. The van der Waals surface area contributed by atoms with Gasteiger partial charge in [-0.3, -0.25) is 4.55 Å². The molecular weight excluding hydrogens is 240 g/mol. The van der Waals surface area contributed by atoms with Crippen molar-refractivity contribution in [3.63, 3.8) is 0 Å². The predicted molar refractivity (Wildman–Crippen MR) is 44.9 cm³/mol. The number of aromatic carboxylic acids is 2. The molecule has 0 aromatic heterocycles. The van der Waals surface area contributed by atoms with E-state index in [2.05, 4.69) is 0 Å². The molecule has 0 saturated heterocycles. The Kier molecular flexibility index (Phi) is 2.97. The van der Waals surface area contributed by atoms with Crippen molar-refractivity contribution in [2.45, 2.75) is 4.90 Å². The van der Waals surface area contributed by atoms with Gasteiger partial charge in [0.2, 0.25) is 0 Å². The van der Waals surface area contributed by atoms with E-state index in [-0.39, 0.29) is 0 Å². The van der Waals surface area contributed by atoms with Gasteiger partial charge in [-0.15, -0.1) is 0 Å². The van der Waals surface area contributed by atoms with Gasteiger partial charge in [0.15, 0.2) is 0 Å². The molecule has 0 amide bonds. The Morgan fingerprint density at radius 3 is 1.69 bits per heavy atom. The average molecular weight is 244 g/mol. The van der Waals surface area contributed by atoms with Crippen LogP contribution in [0.1, 0.15) is 20.7 Å². The van der Waals surface area contributed by atoms with E-state index in [1.807, 2.05) is 0 Å². The standard InChI is InChI=1S/C8H6O7S/c9-7(10)4-2-1-3-5(8(11)12)6(4)16(13,14)15/h1-3H,(H,9,10)(H,11,12)(H,13,14,15)/p-2. The van der Waals surface area contributed by atoms with Gasteiger partial charge < -0.3 is 19.8 Å². The monoisotopic (exact) mass is 244 g/mol. The van der Waals surface area contributed by atoms with Crippen molar-refractivity contribution in [1.29, 1.82) is 0 Å². The molecule has 0 spiro atoms. The zero-order valence-electron chi connectivity index (χ0n) is 7.54. The van der Waals surface area contributed by atoms with Crippen LogP contribution in [0.15, 0.2) is 23.1 Å².